The van der Waals surface area contributed by atoms with Crippen LogP contribution in [0.4, 0.5) is 28.0 Å². The molecule has 1 amide bonds. The topological polar surface area (TPSA) is 42.0 Å². The highest BCUT2D eigenvalue weighted by molar-refractivity contribution is 5.84. The highest BCUT2D eigenvalue weighted by Gasteiger charge is 2.35. The number of rotatable bonds is 1. The Labute approximate surface area is 75.8 Å². The van der Waals surface area contributed by atoms with Crippen LogP contribution in [-0.4, -0.2) is 11.1 Å². The smallest absolute Gasteiger partial charge is 0.296 e. The van der Waals surface area contributed by atoms with Gasteiger partial charge in [-0.2, -0.15) is 13.2 Å². The number of hydrogen-bond donors (Lipinski definition) is 1. The van der Waals surface area contributed by atoms with Crippen LogP contribution in [0.15, 0.2) is 18.3 Å². The van der Waals surface area contributed by atoms with Gasteiger partial charge in [0.2, 0.25) is 0 Å². The minimum absolute atomic E-state index is 0.701. The van der Waals surface area contributed by atoms with E-state index in [9.17, 15) is 22.4 Å². The first-order valence-corrected chi connectivity index (χ1v) is 3.40. The number of hydrogen-bond acceptors (Lipinski definition) is 2. The summed E-state index contributed by atoms with van der Waals surface area (Å²) >= 11 is 0. The Balaban J connectivity index is 3.10. The van der Waals surface area contributed by atoms with E-state index >= 15 is 0 Å². The molecule has 0 fully saturated rings. The molecule has 7 heteroatoms. The van der Waals surface area contributed by atoms with E-state index in [1.54, 1.807) is 0 Å². The lowest BCUT2D eigenvalue weighted by Gasteiger charge is -2.09. The van der Waals surface area contributed by atoms with Gasteiger partial charge in [-0.3, -0.25) is 5.32 Å². The van der Waals surface area contributed by atoms with Crippen LogP contribution >= 0.6 is 0 Å². The van der Waals surface area contributed by atoms with Gasteiger partial charge in [0.05, 0.1) is 5.69 Å². The van der Waals surface area contributed by atoms with E-state index in [2.05, 4.69) is 4.98 Å². The lowest BCUT2D eigenvalue weighted by molar-refractivity contribution is -0.140. The number of alkyl halides is 3. The third-order valence-electron chi connectivity index (χ3n) is 1.31. The molecule has 1 rings (SSSR count). The third kappa shape index (κ3) is 2.41. The van der Waals surface area contributed by atoms with Gasteiger partial charge in [0, 0.05) is 6.20 Å². The molecule has 1 aromatic rings. The molecule has 1 N–H and O–H groups in total. The van der Waals surface area contributed by atoms with E-state index in [4.69, 9.17) is 0 Å². The fraction of sp³-hybridized carbons (Fsp3) is 0.143. The number of aromatic nitrogens is 1. The number of nitrogens with zero attached hydrogens (tertiary/aromatic N) is 1. The molecule has 0 atom stereocenters. The molecule has 0 spiro atoms. The van der Waals surface area contributed by atoms with E-state index in [1.165, 1.54) is 5.32 Å². The van der Waals surface area contributed by atoms with Gasteiger partial charge in [-0.15, -0.1) is 4.39 Å². The van der Waals surface area contributed by atoms with Crippen LogP contribution < -0.4 is 5.32 Å². The summed E-state index contributed by atoms with van der Waals surface area (Å²) in [5, 5.41) is 1.39. The lowest BCUT2D eigenvalue weighted by Crippen LogP contribution is -2.14. The molecule has 0 radical (unpaired) electrons. The Morgan fingerprint density at radius 1 is 1.43 bits per heavy atom. The molecule has 0 aromatic carbocycles. The van der Waals surface area contributed by atoms with Crippen LogP contribution in [0.5, 0.6) is 0 Å². The molecule has 76 valence electrons. The lowest BCUT2D eigenvalue weighted by atomic mass is 10.3. The van der Waals surface area contributed by atoms with Crippen molar-refractivity contribution in [1.29, 1.82) is 0 Å². The number of anilines is 1. The van der Waals surface area contributed by atoms with Crippen LogP contribution in [-0.2, 0) is 6.18 Å². The first-order chi connectivity index (χ1) is 6.41. The highest BCUT2D eigenvalue weighted by Crippen LogP contribution is 2.32. The molecule has 0 bridgehead atoms. The van der Waals surface area contributed by atoms with Crippen molar-refractivity contribution >= 4 is 11.8 Å². The predicted molar refractivity (Wildman–Crippen MR) is 39.4 cm³/mol. The van der Waals surface area contributed by atoms with Crippen LogP contribution in [0, 0.1) is 0 Å². The number of pyridine rings is 1. The summed E-state index contributed by atoms with van der Waals surface area (Å²) in [6.45, 7) is 0. The van der Waals surface area contributed by atoms with E-state index in [1.807, 2.05) is 0 Å². The average molecular weight is 208 g/mol. The number of amides is 1. The zero-order chi connectivity index (χ0) is 10.8. The second-order valence-electron chi connectivity index (χ2n) is 2.30. The number of nitrogens with one attached hydrogen (secondary N) is 1. The monoisotopic (exact) mass is 208 g/mol. The van der Waals surface area contributed by atoms with Crippen LogP contribution in [0.3, 0.4) is 0 Å². The summed E-state index contributed by atoms with van der Waals surface area (Å²) in [5.41, 5.74) is -2.03. The molecule has 14 heavy (non-hydrogen) atoms. The van der Waals surface area contributed by atoms with Crippen molar-refractivity contribution in [3.8, 4) is 0 Å². The van der Waals surface area contributed by atoms with Crippen LogP contribution in [0.2, 0.25) is 0 Å². The van der Waals surface area contributed by atoms with Crippen molar-refractivity contribution in [3.05, 3.63) is 24.0 Å². The molecule has 0 saturated carbocycles. The maximum Gasteiger partial charge on any atom is 0.435 e. The number of carbonyl (C=O) groups excluding carboxylic acids is 1. The largest absolute Gasteiger partial charge is 0.435 e. The van der Waals surface area contributed by atoms with Gasteiger partial charge in [0.1, 0.15) is 0 Å². The van der Waals surface area contributed by atoms with Crippen molar-refractivity contribution in [3.63, 3.8) is 0 Å². The van der Waals surface area contributed by atoms with Gasteiger partial charge < -0.3 is 0 Å². The van der Waals surface area contributed by atoms with E-state index in [0.717, 1.165) is 18.3 Å². The Morgan fingerprint density at radius 2 is 2.07 bits per heavy atom. The summed E-state index contributed by atoms with van der Waals surface area (Å²) < 4.78 is 48.3. The minimum atomic E-state index is -4.72. The van der Waals surface area contributed by atoms with E-state index < -0.39 is 23.7 Å². The molecular formula is C7H4F4N2O. The van der Waals surface area contributed by atoms with Gasteiger partial charge in [0.25, 0.3) is 0 Å². The maximum atomic E-state index is 12.2. The van der Waals surface area contributed by atoms with Crippen molar-refractivity contribution in [2.24, 2.45) is 0 Å². The van der Waals surface area contributed by atoms with Gasteiger partial charge in [-0.25, -0.2) is 9.78 Å². The summed E-state index contributed by atoms with van der Waals surface area (Å²) in [4.78, 5) is 12.9. The summed E-state index contributed by atoms with van der Waals surface area (Å²) in [6, 6.07) is 2.06. The molecular weight excluding hydrogens is 204 g/mol. The molecule has 0 aliphatic carbocycles. The van der Waals surface area contributed by atoms with Gasteiger partial charge >= 0.3 is 12.3 Å². The second kappa shape index (κ2) is 3.60. The van der Waals surface area contributed by atoms with E-state index in [-0.39, 0.29) is 0 Å². The van der Waals surface area contributed by atoms with Crippen molar-refractivity contribution in [2.75, 3.05) is 5.32 Å². The Bertz CT molecular complexity index is 350. The molecule has 0 aliphatic rings. The van der Waals surface area contributed by atoms with E-state index in [0.29, 0.717) is 0 Å². The van der Waals surface area contributed by atoms with Gasteiger partial charge in [-0.1, -0.05) is 0 Å². The Kier molecular flexibility index (Phi) is 2.68. The minimum Gasteiger partial charge on any atom is -0.296 e. The summed E-state index contributed by atoms with van der Waals surface area (Å²) in [6.07, 6.45) is -5.89. The molecule has 1 heterocycles. The van der Waals surface area contributed by atoms with Crippen molar-refractivity contribution in [2.45, 2.75) is 6.18 Å². The molecule has 3 nitrogen and oxygen atoms in total. The second-order valence-corrected chi connectivity index (χ2v) is 2.30. The summed E-state index contributed by atoms with van der Waals surface area (Å²) in [5.74, 6) is 0. The fourth-order valence-electron chi connectivity index (χ4n) is 0.838. The Hall–Kier alpha value is -1.66. The standard InChI is InChI=1S/C7H4F4N2O/c8-6(14)13-4-2-1-3-12-5(4)7(9,10)11/h1-3H,(H,13,14). The summed E-state index contributed by atoms with van der Waals surface area (Å²) in [7, 11) is 0. The van der Waals surface area contributed by atoms with Gasteiger partial charge in [-0.05, 0) is 12.1 Å². The van der Waals surface area contributed by atoms with Crippen molar-refractivity contribution in [1.82, 2.24) is 4.98 Å². The normalized spacial score (nSPS) is 11.1. The highest BCUT2D eigenvalue weighted by atomic mass is 19.4. The quantitative estimate of drug-likeness (QED) is 0.437. The zero-order valence-electron chi connectivity index (χ0n) is 6.60. The molecule has 0 saturated heterocycles. The predicted octanol–water partition coefficient (Wildman–Crippen LogP) is 2.60. The van der Waals surface area contributed by atoms with Crippen LogP contribution in [0.1, 0.15) is 5.69 Å². The third-order valence-corrected chi connectivity index (χ3v) is 1.31. The maximum absolute atomic E-state index is 12.2. The Morgan fingerprint density at radius 3 is 2.57 bits per heavy atom. The first-order valence-electron chi connectivity index (χ1n) is 3.40. The first kappa shape index (κ1) is 10.4. The van der Waals surface area contributed by atoms with Gasteiger partial charge in [0.15, 0.2) is 5.69 Å². The number of halogens is 4. The number of carbonyl (C=O) groups is 1. The average Bonchev–Trinajstić information content (AvgIpc) is 2.01. The molecule has 1 aromatic heterocycles. The fourth-order valence-corrected chi connectivity index (χ4v) is 0.838. The SMILES string of the molecule is O=C(F)Nc1cccnc1C(F)(F)F. The molecule has 0 unspecified atom stereocenters. The zero-order valence-corrected chi connectivity index (χ0v) is 6.60. The molecule has 0 aliphatic heterocycles. The van der Waals surface area contributed by atoms with Crippen molar-refractivity contribution < 1.29 is 22.4 Å². The van der Waals surface area contributed by atoms with Crippen LogP contribution in [0.25, 0.3) is 0 Å².